The Hall–Kier alpha value is -1.26. The van der Waals surface area contributed by atoms with Crippen LogP contribution in [0.3, 0.4) is 0 Å². The third-order valence-corrected chi connectivity index (χ3v) is 4.12. The lowest BCUT2D eigenvalue weighted by Crippen LogP contribution is -2.53. The highest BCUT2D eigenvalue weighted by Gasteiger charge is 2.34. The largest absolute Gasteiger partial charge is 0.480 e. The number of amides is 2. The number of hydrogen-bond donors (Lipinski definition) is 1. The van der Waals surface area contributed by atoms with Gasteiger partial charge in [-0.1, -0.05) is 6.42 Å². The number of piperidine rings is 1. The van der Waals surface area contributed by atoms with Gasteiger partial charge in [-0.25, -0.2) is 9.59 Å². The number of carbonyl (C=O) groups excluding carboxylic acids is 1. The highest BCUT2D eigenvalue weighted by molar-refractivity contribution is 5.82. The molecule has 1 saturated carbocycles. The molecule has 2 fully saturated rings. The van der Waals surface area contributed by atoms with E-state index in [4.69, 9.17) is 5.11 Å². The minimum Gasteiger partial charge on any atom is -0.480 e. The monoisotopic (exact) mass is 254 g/mol. The molecule has 0 aromatic rings. The first-order chi connectivity index (χ1) is 8.59. The summed E-state index contributed by atoms with van der Waals surface area (Å²) in [6.45, 7) is 1.34. The van der Waals surface area contributed by atoms with E-state index in [1.54, 1.807) is 11.9 Å². The molecule has 1 aliphatic heterocycles. The summed E-state index contributed by atoms with van der Waals surface area (Å²) in [5.74, 6) is -0.257. The Labute approximate surface area is 108 Å². The number of hydrogen-bond acceptors (Lipinski definition) is 2. The summed E-state index contributed by atoms with van der Waals surface area (Å²) in [5, 5.41) is 9.17. The van der Waals surface area contributed by atoms with Crippen molar-refractivity contribution in [2.75, 3.05) is 20.1 Å². The normalized spacial score (nSPS) is 24.5. The lowest BCUT2D eigenvalue weighted by atomic mass is 9.85. The minimum absolute atomic E-state index is 0.117. The molecule has 0 aromatic heterocycles. The van der Waals surface area contributed by atoms with Gasteiger partial charge in [0, 0.05) is 20.1 Å². The van der Waals surface area contributed by atoms with Crippen LogP contribution < -0.4 is 0 Å². The van der Waals surface area contributed by atoms with Gasteiger partial charge in [0.1, 0.15) is 6.04 Å². The Bertz CT molecular complexity index is 328. The van der Waals surface area contributed by atoms with Crippen molar-refractivity contribution in [3.05, 3.63) is 0 Å². The van der Waals surface area contributed by atoms with Crippen molar-refractivity contribution in [1.82, 2.24) is 9.80 Å². The van der Waals surface area contributed by atoms with E-state index >= 15 is 0 Å². The Morgan fingerprint density at radius 1 is 1.22 bits per heavy atom. The van der Waals surface area contributed by atoms with E-state index in [1.165, 1.54) is 24.2 Å². The van der Waals surface area contributed by atoms with Crippen LogP contribution in [0, 0.1) is 5.92 Å². The number of carboxylic acid groups (broad SMARTS) is 1. The zero-order chi connectivity index (χ0) is 13.1. The molecule has 2 aliphatic rings. The van der Waals surface area contributed by atoms with E-state index in [-0.39, 0.29) is 6.03 Å². The summed E-state index contributed by atoms with van der Waals surface area (Å²) >= 11 is 0. The Morgan fingerprint density at radius 2 is 1.94 bits per heavy atom. The van der Waals surface area contributed by atoms with E-state index in [0.29, 0.717) is 18.9 Å². The van der Waals surface area contributed by atoms with Crippen LogP contribution in [0.2, 0.25) is 0 Å². The minimum atomic E-state index is -0.875. The van der Waals surface area contributed by atoms with Gasteiger partial charge < -0.3 is 14.9 Å². The van der Waals surface area contributed by atoms with Gasteiger partial charge in [-0.15, -0.1) is 0 Å². The standard InChI is InChI=1S/C13H22N2O3/c1-14(9-10-5-4-6-10)13(18)15-8-3-2-7-11(15)12(16)17/h10-11H,2-9H2,1H3,(H,16,17). The molecule has 18 heavy (non-hydrogen) atoms. The first kappa shape index (κ1) is 13.2. The number of carbonyl (C=O) groups is 2. The number of carboxylic acids is 1. The van der Waals surface area contributed by atoms with E-state index in [0.717, 1.165) is 19.4 Å². The molecule has 0 radical (unpaired) electrons. The van der Waals surface area contributed by atoms with Crippen LogP contribution in [0.5, 0.6) is 0 Å². The molecule has 0 spiro atoms. The molecule has 1 heterocycles. The van der Waals surface area contributed by atoms with Gasteiger partial charge in [0.2, 0.25) is 0 Å². The molecule has 1 saturated heterocycles. The van der Waals surface area contributed by atoms with Crippen molar-refractivity contribution in [3.8, 4) is 0 Å². The lowest BCUT2D eigenvalue weighted by molar-refractivity contribution is -0.143. The molecule has 1 unspecified atom stereocenters. The molecular weight excluding hydrogens is 232 g/mol. The van der Waals surface area contributed by atoms with Crippen molar-refractivity contribution < 1.29 is 14.7 Å². The van der Waals surface area contributed by atoms with Crippen LogP contribution in [-0.4, -0.2) is 53.1 Å². The average Bonchev–Trinajstić information content (AvgIpc) is 2.32. The maximum absolute atomic E-state index is 12.3. The van der Waals surface area contributed by atoms with Crippen molar-refractivity contribution in [3.63, 3.8) is 0 Å². The van der Waals surface area contributed by atoms with E-state index in [1.807, 2.05) is 0 Å². The van der Waals surface area contributed by atoms with Gasteiger partial charge in [-0.05, 0) is 38.0 Å². The van der Waals surface area contributed by atoms with Crippen molar-refractivity contribution in [2.24, 2.45) is 5.92 Å². The Morgan fingerprint density at radius 3 is 2.50 bits per heavy atom. The second kappa shape index (κ2) is 5.59. The first-order valence-corrected chi connectivity index (χ1v) is 6.84. The average molecular weight is 254 g/mol. The molecule has 2 rings (SSSR count). The van der Waals surface area contributed by atoms with E-state index < -0.39 is 12.0 Å². The van der Waals surface area contributed by atoms with Crippen molar-refractivity contribution in [2.45, 2.75) is 44.6 Å². The van der Waals surface area contributed by atoms with Crippen molar-refractivity contribution >= 4 is 12.0 Å². The fraction of sp³-hybridized carbons (Fsp3) is 0.846. The van der Waals surface area contributed by atoms with Crippen molar-refractivity contribution in [1.29, 1.82) is 0 Å². The Kier molecular flexibility index (Phi) is 4.09. The zero-order valence-corrected chi connectivity index (χ0v) is 11.0. The lowest BCUT2D eigenvalue weighted by Gasteiger charge is -2.38. The summed E-state index contributed by atoms with van der Waals surface area (Å²) in [4.78, 5) is 26.7. The fourth-order valence-corrected chi connectivity index (χ4v) is 2.78. The number of urea groups is 1. The molecule has 5 heteroatoms. The maximum atomic E-state index is 12.3. The van der Waals surface area contributed by atoms with Gasteiger partial charge in [-0.3, -0.25) is 0 Å². The van der Waals surface area contributed by atoms with Crippen LogP contribution in [0.1, 0.15) is 38.5 Å². The number of likely N-dealkylation sites (tertiary alicyclic amines) is 1. The SMILES string of the molecule is CN(CC1CCC1)C(=O)N1CCCCC1C(=O)O. The predicted molar refractivity (Wildman–Crippen MR) is 67.3 cm³/mol. The van der Waals surface area contributed by atoms with E-state index in [2.05, 4.69) is 0 Å². The third-order valence-electron chi connectivity index (χ3n) is 4.12. The second-order valence-electron chi connectivity index (χ2n) is 5.50. The third kappa shape index (κ3) is 2.76. The van der Waals surface area contributed by atoms with Gasteiger partial charge in [0.25, 0.3) is 0 Å². The van der Waals surface area contributed by atoms with Crippen LogP contribution in [0.25, 0.3) is 0 Å². The van der Waals surface area contributed by atoms with Crippen LogP contribution in [0.4, 0.5) is 4.79 Å². The highest BCUT2D eigenvalue weighted by atomic mass is 16.4. The molecule has 1 atom stereocenters. The van der Waals surface area contributed by atoms with E-state index in [9.17, 15) is 9.59 Å². The highest BCUT2D eigenvalue weighted by Crippen LogP contribution is 2.27. The zero-order valence-electron chi connectivity index (χ0n) is 11.0. The molecule has 1 N–H and O–H groups in total. The van der Waals surface area contributed by atoms with Gasteiger partial charge in [0.15, 0.2) is 0 Å². The van der Waals surface area contributed by atoms with Crippen LogP contribution in [0.15, 0.2) is 0 Å². The summed E-state index contributed by atoms with van der Waals surface area (Å²) in [6, 6.07) is -0.746. The molecule has 1 aliphatic carbocycles. The summed E-state index contributed by atoms with van der Waals surface area (Å²) in [5.41, 5.74) is 0. The summed E-state index contributed by atoms with van der Waals surface area (Å²) in [7, 11) is 1.79. The van der Waals surface area contributed by atoms with Crippen LogP contribution in [-0.2, 0) is 4.79 Å². The molecular formula is C13H22N2O3. The van der Waals surface area contributed by atoms with Gasteiger partial charge in [0.05, 0.1) is 0 Å². The fourth-order valence-electron chi connectivity index (χ4n) is 2.78. The molecule has 0 bridgehead atoms. The number of rotatable bonds is 3. The molecule has 2 amide bonds. The predicted octanol–water partition coefficient (Wildman–Crippen LogP) is 1.78. The van der Waals surface area contributed by atoms with Gasteiger partial charge in [-0.2, -0.15) is 0 Å². The quantitative estimate of drug-likeness (QED) is 0.835. The molecule has 5 nitrogen and oxygen atoms in total. The smallest absolute Gasteiger partial charge is 0.326 e. The topological polar surface area (TPSA) is 60.9 Å². The summed E-state index contributed by atoms with van der Waals surface area (Å²) < 4.78 is 0. The second-order valence-corrected chi connectivity index (χ2v) is 5.50. The Balaban J connectivity index is 1.94. The molecule has 0 aromatic carbocycles. The summed E-state index contributed by atoms with van der Waals surface area (Å²) in [6.07, 6.45) is 6.03. The number of aliphatic carboxylic acids is 1. The number of nitrogens with zero attached hydrogens (tertiary/aromatic N) is 2. The molecule has 102 valence electrons. The first-order valence-electron chi connectivity index (χ1n) is 6.84. The maximum Gasteiger partial charge on any atom is 0.326 e. The van der Waals surface area contributed by atoms with Gasteiger partial charge >= 0.3 is 12.0 Å². The van der Waals surface area contributed by atoms with Crippen LogP contribution >= 0.6 is 0 Å².